The number of carbonyl (C=O) groups is 1. The Hall–Kier alpha value is -1.73. The molecular formula is C19H20Br2N2O3. The topological polar surface area (TPSA) is 42.0 Å². The third kappa shape index (κ3) is 4.71. The number of piperazine rings is 1. The average Bonchev–Trinajstić information content (AvgIpc) is 2.67. The van der Waals surface area contributed by atoms with Gasteiger partial charge in [0.2, 0.25) is 0 Å². The number of anilines is 1. The first kappa shape index (κ1) is 19.0. The van der Waals surface area contributed by atoms with Crippen LogP contribution in [0.4, 0.5) is 5.69 Å². The highest BCUT2D eigenvalue weighted by Crippen LogP contribution is 2.28. The van der Waals surface area contributed by atoms with E-state index in [0.717, 1.165) is 33.5 Å². The molecule has 2 aromatic rings. The first-order valence-electron chi connectivity index (χ1n) is 8.31. The molecule has 1 heterocycles. The zero-order valence-electron chi connectivity index (χ0n) is 14.5. The van der Waals surface area contributed by atoms with Gasteiger partial charge < -0.3 is 19.3 Å². The summed E-state index contributed by atoms with van der Waals surface area (Å²) in [4.78, 5) is 16.5. The van der Waals surface area contributed by atoms with E-state index in [1.807, 2.05) is 47.4 Å². The minimum Gasteiger partial charge on any atom is -0.497 e. The quantitative estimate of drug-likeness (QED) is 0.645. The lowest BCUT2D eigenvalue weighted by atomic mass is 10.2. The minimum absolute atomic E-state index is 0.00852. The molecule has 0 unspecified atom stereocenters. The van der Waals surface area contributed by atoms with Crippen molar-refractivity contribution < 1.29 is 14.3 Å². The van der Waals surface area contributed by atoms with Gasteiger partial charge in [0.15, 0.2) is 6.61 Å². The standard InChI is InChI=1S/C19H20Br2N2O3/c1-25-16-5-3-15(4-6-16)22-8-10-23(11-9-22)19(24)13-26-18-7-2-14(20)12-17(18)21/h2-7,12H,8-11,13H2,1H3. The van der Waals surface area contributed by atoms with Crippen LogP contribution in [0.25, 0.3) is 0 Å². The summed E-state index contributed by atoms with van der Waals surface area (Å²) in [6.07, 6.45) is 0. The number of hydrogen-bond donors (Lipinski definition) is 0. The fourth-order valence-corrected chi connectivity index (χ4v) is 3.99. The van der Waals surface area contributed by atoms with E-state index < -0.39 is 0 Å². The van der Waals surface area contributed by atoms with E-state index >= 15 is 0 Å². The van der Waals surface area contributed by atoms with Crippen LogP contribution in [0.2, 0.25) is 0 Å². The third-order valence-corrected chi connectivity index (χ3v) is 5.43. The number of nitrogens with zero attached hydrogens (tertiary/aromatic N) is 2. The summed E-state index contributed by atoms with van der Waals surface area (Å²) in [6, 6.07) is 13.6. The van der Waals surface area contributed by atoms with Crippen LogP contribution in [0.3, 0.4) is 0 Å². The smallest absolute Gasteiger partial charge is 0.260 e. The van der Waals surface area contributed by atoms with Crippen molar-refractivity contribution in [3.63, 3.8) is 0 Å². The van der Waals surface area contributed by atoms with Crippen molar-refractivity contribution in [2.45, 2.75) is 0 Å². The lowest BCUT2D eigenvalue weighted by Gasteiger charge is -2.36. The summed E-state index contributed by atoms with van der Waals surface area (Å²) in [5.41, 5.74) is 1.15. The number of carbonyl (C=O) groups excluding carboxylic acids is 1. The lowest BCUT2D eigenvalue weighted by Crippen LogP contribution is -2.50. The van der Waals surface area contributed by atoms with Gasteiger partial charge in [0.1, 0.15) is 11.5 Å². The van der Waals surface area contributed by atoms with E-state index in [0.29, 0.717) is 18.8 Å². The van der Waals surface area contributed by atoms with E-state index in [9.17, 15) is 4.79 Å². The molecule has 5 nitrogen and oxygen atoms in total. The van der Waals surface area contributed by atoms with E-state index in [-0.39, 0.29) is 12.5 Å². The summed E-state index contributed by atoms with van der Waals surface area (Å²) in [7, 11) is 1.66. The van der Waals surface area contributed by atoms with Crippen LogP contribution < -0.4 is 14.4 Å². The fourth-order valence-electron chi connectivity index (χ4n) is 2.83. The highest BCUT2D eigenvalue weighted by molar-refractivity contribution is 9.11. The molecule has 1 fully saturated rings. The molecule has 1 amide bonds. The van der Waals surface area contributed by atoms with Crippen LogP contribution in [0, 0.1) is 0 Å². The Morgan fingerprint density at radius 3 is 2.35 bits per heavy atom. The Morgan fingerprint density at radius 2 is 1.73 bits per heavy atom. The number of ether oxygens (including phenoxy) is 2. The van der Waals surface area contributed by atoms with Gasteiger partial charge in [0.25, 0.3) is 5.91 Å². The summed E-state index contributed by atoms with van der Waals surface area (Å²) >= 11 is 6.84. The number of hydrogen-bond acceptors (Lipinski definition) is 4. The van der Waals surface area contributed by atoms with Gasteiger partial charge in [-0.05, 0) is 58.4 Å². The fraction of sp³-hybridized carbons (Fsp3) is 0.316. The molecule has 138 valence electrons. The molecule has 1 saturated heterocycles. The van der Waals surface area contributed by atoms with Crippen LogP contribution in [0.5, 0.6) is 11.5 Å². The van der Waals surface area contributed by atoms with Crippen molar-refractivity contribution in [2.75, 3.05) is 44.8 Å². The molecule has 26 heavy (non-hydrogen) atoms. The predicted molar refractivity (Wildman–Crippen MR) is 109 cm³/mol. The Morgan fingerprint density at radius 1 is 1.04 bits per heavy atom. The number of rotatable bonds is 5. The zero-order chi connectivity index (χ0) is 18.5. The average molecular weight is 484 g/mol. The molecule has 3 rings (SSSR count). The van der Waals surface area contributed by atoms with E-state index in [1.165, 1.54) is 0 Å². The second-order valence-electron chi connectivity index (χ2n) is 5.93. The molecule has 0 saturated carbocycles. The SMILES string of the molecule is COc1ccc(N2CCN(C(=O)COc3ccc(Br)cc3Br)CC2)cc1. The van der Waals surface area contributed by atoms with Gasteiger partial charge >= 0.3 is 0 Å². The molecule has 2 aromatic carbocycles. The molecule has 7 heteroatoms. The van der Waals surface area contributed by atoms with Gasteiger partial charge in [-0.15, -0.1) is 0 Å². The molecule has 1 aliphatic heterocycles. The van der Waals surface area contributed by atoms with Gasteiger partial charge in [-0.2, -0.15) is 0 Å². The van der Waals surface area contributed by atoms with Crippen molar-refractivity contribution in [1.29, 1.82) is 0 Å². The molecule has 1 aliphatic rings. The predicted octanol–water partition coefficient (Wildman–Crippen LogP) is 3.95. The van der Waals surface area contributed by atoms with E-state index in [2.05, 4.69) is 36.8 Å². The maximum absolute atomic E-state index is 12.4. The molecule has 0 aliphatic carbocycles. The number of methoxy groups -OCH3 is 1. The Bertz CT molecular complexity index is 760. The third-order valence-electron chi connectivity index (χ3n) is 4.32. The summed E-state index contributed by atoms with van der Waals surface area (Å²) in [5.74, 6) is 1.52. The highest BCUT2D eigenvalue weighted by Gasteiger charge is 2.21. The molecule has 0 bridgehead atoms. The normalized spacial score (nSPS) is 14.3. The summed E-state index contributed by atoms with van der Waals surface area (Å²) in [6.45, 7) is 3.04. The molecular weight excluding hydrogens is 464 g/mol. The molecule has 0 spiro atoms. The van der Waals surface area contributed by atoms with Crippen LogP contribution in [0.15, 0.2) is 51.4 Å². The Balaban J connectivity index is 1.50. The van der Waals surface area contributed by atoms with E-state index in [1.54, 1.807) is 7.11 Å². The summed E-state index contributed by atoms with van der Waals surface area (Å²) < 4.78 is 12.6. The minimum atomic E-state index is 0.00852. The van der Waals surface area contributed by atoms with Gasteiger partial charge in [-0.1, -0.05) is 15.9 Å². The monoisotopic (exact) mass is 482 g/mol. The van der Waals surface area contributed by atoms with Gasteiger partial charge in [0.05, 0.1) is 11.6 Å². The van der Waals surface area contributed by atoms with Crippen molar-refractivity contribution >= 4 is 43.5 Å². The van der Waals surface area contributed by atoms with Crippen LogP contribution in [0.1, 0.15) is 0 Å². The van der Waals surface area contributed by atoms with E-state index in [4.69, 9.17) is 9.47 Å². The largest absolute Gasteiger partial charge is 0.497 e. The van der Waals surface area contributed by atoms with Crippen LogP contribution >= 0.6 is 31.9 Å². The van der Waals surface area contributed by atoms with Gasteiger partial charge in [0, 0.05) is 36.3 Å². The second-order valence-corrected chi connectivity index (χ2v) is 7.70. The van der Waals surface area contributed by atoms with Crippen molar-refractivity contribution in [1.82, 2.24) is 4.90 Å². The maximum atomic E-state index is 12.4. The Labute approximate surface area is 170 Å². The second kappa shape index (κ2) is 8.77. The maximum Gasteiger partial charge on any atom is 0.260 e. The first-order chi connectivity index (χ1) is 12.6. The Kier molecular flexibility index (Phi) is 6.43. The highest BCUT2D eigenvalue weighted by atomic mass is 79.9. The number of halogens is 2. The van der Waals surface area contributed by atoms with Crippen molar-refractivity contribution in [2.24, 2.45) is 0 Å². The lowest BCUT2D eigenvalue weighted by molar-refractivity contribution is -0.133. The molecule has 0 N–H and O–H groups in total. The zero-order valence-corrected chi connectivity index (χ0v) is 17.6. The van der Waals surface area contributed by atoms with Crippen LogP contribution in [-0.2, 0) is 4.79 Å². The van der Waals surface area contributed by atoms with Crippen LogP contribution in [-0.4, -0.2) is 50.7 Å². The summed E-state index contributed by atoms with van der Waals surface area (Å²) in [5, 5.41) is 0. The van der Waals surface area contributed by atoms with Gasteiger partial charge in [-0.25, -0.2) is 0 Å². The number of amides is 1. The van der Waals surface area contributed by atoms with Crippen molar-refractivity contribution in [3.05, 3.63) is 51.4 Å². The van der Waals surface area contributed by atoms with Gasteiger partial charge in [-0.3, -0.25) is 4.79 Å². The molecule has 0 radical (unpaired) electrons. The molecule has 0 aromatic heterocycles. The molecule has 0 atom stereocenters. The van der Waals surface area contributed by atoms with Crippen molar-refractivity contribution in [3.8, 4) is 11.5 Å². The number of benzene rings is 2. The first-order valence-corrected chi connectivity index (χ1v) is 9.90.